The fraction of sp³-hybridized carbons (Fsp3) is 0.455. The molecule has 0 amide bonds. The molecule has 0 radical (unpaired) electrons. The Hall–Kier alpha value is -3.01. The van der Waals surface area contributed by atoms with Gasteiger partial charge in [-0.2, -0.15) is 4.98 Å². The summed E-state index contributed by atoms with van der Waals surface area (Å²) in [6, 6.07) is 8.96. The first-order chi connectivity index (χ1) is 16.0. The molecular weight excluding hydrogens is 452 g/mol. The summed E-state index contributed by atoms with van der Waals surface area (Å²) >= 11 is 6.16. The highest BCUT2D eigenvalue weighted by Crippen LogP contribution is 2.40. The summed E-state index contributed by atoms with van der Waals surface area (Å²) < 4.78 is 33.1. The van der Waals surface area contributed by atoms with Crippen LogP contribution in [0.1, 0.15) is 18.5 Å². The van der Waals surface area contributed by atoms with Gasteiger partial charge < -0.3 is 15.0 Å². The molecule has 1 aliphatic carbocycles. The molecule has 1 N–H and O–H groups in total. The average Bonchev–Trinajstić information content (AvgIpc) is 3.24. The molecule has 2 aliphatic rings. The van der Waals surface area contributed by atoms with Gasteiger partial charge in [0.2, 0.25) is 5.95 Å². The lowest BCUT2D eigenvalue weighted by Gasteiger charge is -2.38. The van der Waals surface area contributed by atoms with E-state index in [9.17, 15) is 8.78 Å². The molecule has 3 aromatic rings. The number of hydrogen-bond donors (Lipinski definition) is 1. The maximum absolute atomic E-state index is 13.1. The van der Waals surface area contributed by atoms with Crippen LogP contribution in [0.3, 0.4) is 0 Å². The monoisotopic (exact) mass is 475 g/mol. The van der Waals surface area contributed by atoms with Crippen LogP contribution in [0.25, 0.3) is 0 Å². The maximum atomic E-state index is 13.1. The Kier molecular flexibility index (Phi) is 6.01. The molecule has 1 aliphatic heterocycles. The molecule has 2 fully saturated rings. The standard InChI is InChI=1S/C22H24ClF2N7O/c1-13-8-19(27-12-26-13)31-9-14-6-7-15(10-31)20(14)28-21-29-22(32(30-21)11-18(24)25)33-17-5-3-2-4-16(17)23/h2-5,8,12,14-15,18,20H,6-7,9-11H2,1H3,(H,28,30)/t14-,15+,20+. The van der Waals surface area contributed by atoms with Gasteiger partial charge in [0.15, 0.2) is 0 Å². The van der Waals surface area contributed by atoms with Gasteiger partial charge in [-0.15, -0.1) is 5.10 Å². The van der Waals surface area contributed by atoms with E-state index in [4.69, 9.17) is 16.3 Å². The number of aromatic nitrogens is 5. The Morgan fingerprint density at radius 1 is 1.18 bits per heavy atom. The van der Waals surface area contributed by atoms with Crippen LogP contribution in [0.4, 0.5) is 20.5 Å². The maximum Gasteiger partial charge on any atom is 0.322 e. The highest BCUT2D eigenvalue weighted by Gasteiger charge is 2.43. The molecule has 3 heterocycles. The molecule has 11 heteroatoms. The summed E-state index contributed by atoms with van der Waals surface area (Å²) in [4.78, 5) is 15.3. The van der Waals surface area contributed by atoms with E-state index < -0.39 is 13.0 Å². The van der Waals surface area contributed by atoms with Crippen molar-refractivity contribution in [3.8, 4) is 11.8 Å². The number of anilines is 2. The van der Waals surface area contributed by atoms with Crippen LogP contribution in [0.15, 0.2) is 36.7 Å². The van der Waals surface area contributed by atoms with Gasteiger partial charge in [0, 0.05) is 30.9 Å². The number of hydrogen-bond acceptors (Lipinski definition) is 7. The first-order valence-corrected chi connectivity index (χ1v) is 11.3. The van der Waals surface area contributed by atoms with E-state index in [2.05, 4.69) is 30.3 Å². The number of piperidine rings is 1. The van der Waals surface area contributed by atoms with E-state index in [0.717, 1.165) is 42.1 Å². The molecule has 174 valence electrons. The van der Waals surface area contributed by atoms with Crippen LogP contribution in [0.2, 0.25) is 5.02 Å². The fourth-order valence-electron chi connectivity index (χ4n) is 4.75. The molecule has 5 rings (SSSR count). The van der Waals surface area contributed by atoms with E-state index in [1.807, 2.05) is 13.0 Å². The first kappa shape index (κ1) is 21.8. The number of alkyl halides is 2. The number of nitrogens with zero attached hydrogens (tertiary/aromatic N) is 6. The number of para-hydroxylation sites is 1. The second-order valence-corrected chi connectivity index (χ2v) is 8.92. The molecular formula is C22H24ClF2N7O. The Bertz CT molecular complexity index is 1110. The lowest BCUT2D eigenvalue weighted by Crippen LogP contribution is -2.48. The van der Waals surface area contributed by atoms with Gasteiger partial charge in [-0.05, 0) is 43.7 Å². The summed E-state index contributed by atoms with van der Waals surface area (Å²) in [6.45, 7) is 3.04. The quantitative estimate of drug-likeness (QED) is 0.542. The lowest BCUT2D eigenvalue weighted by atomic mass is 9.92. The topological polar surface area (TPSA) is 81.0 Å². The lowest BCUT2D eigenvalue weighted by molar-refractivity contribution is 0.118. The minimum absolute atomic E-state index is 0.0212. The Morgan fingerprint density at radius 3 is 2.64 bits per heavy atom. The molecule has 0 spiro atoms. The van der Waals surface area contributed by atoms with Gasteiger partial charge in [-0.25, -0.2) is 23.4 Å². The third-order valence-corrected chi connectivity index (χ3v) is 6.54. The third kappa shape index (κ3) is 4.71. The first-order valence-electron chi connectivity index (χ1n) is 10.9. The Balaban J connectivity index is 1.33. The van der Waals surface area contributed by atoms with E-state index in [1.54, 1.807) is 30.6 Å². The van der Waals surface area contributed by atoms with Gasteiger partial charge in [-0.3, -0.25) is 0 Å². The smallest absolute Gasteiger partial charge is 0.322 e. The van der Waals surface area contributed by atoms with Crippen molar-refractivity contribution in [2.45, 2.75) is 38.8 Å². The second-order valence-electron chi connectivity index (χ2n) is 8.51. The van der Waals surface area contributed by atoms with Gasteiger partial charge in [0.25, 0.3) is 6.43 Å². The van der Waals surface area contributed by atoms with Crippen LogP contribution in [-0.2, 0) is 6.54 Å². The molecule has 2 aromatic heterocycles. The van der Waals surface area contributed by atoms with E-state index in [-0.39, 0.29) is 18.0 Å². The number of nitrogens with one attached hydrogen (secondary N) is 1. The number of halogens is 3. The average molecular weight is 476 g/mol. The van der Waals surface area contributed by atoms with Gasteiger partial charge in [0.05, 0.1) is 5.02 Å². The zero-order valence-corrected chi connectivity index (χ0v) is 18.8. The highest BCUT2D eigenvalue weighted by atomic mass is 35.5. The fourth-order valence-corrected chi connectivity index (χ4v) is 4.92. The number of rotatable bonds is 7. The predicted molar refractivity (Wildman–Crippen MR) is 120 cm³/mol. The zero-order chi connectivity index (χ0) is 22.9. The molecule has 0 unspecified atom stereocenters. The summed E-state index contributed by atoms with van der Waals surface area (Å²) in [7, 11) is 0. The molecule has 1 saturated carbocycles. The minimum Gasteiger partial charge on any atom is -0.423 e. The number of fused-ring (bicyclic) bond motifs is 2. The normalized spacial score (nSPS) is 22.1. The van der Waals surface area contributed by atoms with E-state index in [0.29, 0.717) is 22.6 Å². The summed E-state index contributed by atoms with van der Waals surface area (Å²) in [5.74, 6) is 2.30. The van der Waals surface area contributed by atoms with Crippen molar-refractivity contribution in [3.05, 3.63) is 47.4 Å². The van der Waals surface area contributed by atoms with Crippen LogP contribution < -0.4 is 15.0 Å². The number of ether oxygens (including phenoxy) is 1. The van der Waals surface area contributed by atoms with Crippen molar-refractivity contribution in [2.24, 2.45) is 11.8 Å². The van der Waals surface area contributed by atoms with Gasteiger partial charge >= 0.3 is 6.01 Å². The Labute approximate surface area is 195 Å². The second kappa shape index (κ2) is 9.09. The molecule has 1 saturated heterocycles. The molecule has 8 nitrogen and oxygen atoms in total. The van der Waals surface area contributed by atoms with Crippen molar-refractivity contribution in [3.63, 3.8) is 0 Å². The van der Waals surface area contributed by atoms with Crippen LogP contribution in [0.5, 0.6) is 11.8 Å². The van der Waals surface area contributed by atoms with Crippen molar-refractivity contribution in [2.75, 3.05) is 23.3 Å². The van der Waals surface area contributed by atoms with Crippen molar-refractivity contribution in [1.29, 1.82) is 0 Å². The van der Waals surface area contributed by atoms with Crippen LogP contribution in [0, 0.1) is 18.8 Å². The molecule has 1 aromatic carbocycles. The molecule has 3 atom stereocenters. The molecule has 33 heavy (non-hydrogen) atoms. The highest BCUT2D eigenvalue weighted by molar-refractivity contribution is 6.32. The zero-order valence-electron chi connectivity index (χ0n) is 18.0. The SMILES string of the molecule is Cc1cc(N2C[C@H]3CC[C@@H](C2)[C@H]3Nc2nc(Oc3ccccc3Cl)n(CC(F)F)n2)ncn1. The third-order valence-electron chi connectivity index (χ3n) is 6.23. The van der Waals surface area contributed by atoms with Crippen molar-refractivity contribution in [1.82, 2.24) is 24.7 Å². The summed E-state index contributed by atoms with van der Waals surface area (Å²) in [5.41, 5.74) is 0.937. The van der Waals surface area contributed by atoms with Gasteiger partial charge in [-0.1, -0.05) is 23.7 Å². The summed E-state index contributed by atoms with van der Waals surface area (Å²) in [5, 5.41) is 8.03. The largest absolute Gasteiger partial charge is 0.423 e. The van der Waals surface area contributed by atoms with Crippen molar-refractivity contribution < 1.29 is 13.5 Å². The van der Waals surface area contributed by atoms with E-state index >= 15 is 0 Å². The minimum atomic E-state index is -2.59. The van der Waals surface area contributed by atoms with Crippen LogP contribution in [-0.4, -0.2) is 50.3 Å². The predicted octanol–water partition coefficient (Wildman–Crippen LogP) is 4.41. The number of benzene rings is 1. The van der Waals surface area contributed by atoms with Gasteiger partial charge in [0.1, 0.15) is 24.4 Å². The summed E-state index contributed by atoms with van der Waals surface area (Å²) in [6.07, 6.45) is 1.15. The van der Waals surface area contributed by atoms with Crippen LogP contribution >= 0.6 is 11.6 Å². The van der Waals surface area contributed by atoms with Crippen molar-refractivity contribution >= 4 is 23.4 Å². The Morgan fingerprint density at radius 2 is 1.94 bits per heavy atom. The number of aryl methyl sites for hydroxylation is 1. The molecule has 2 bridgehead atoms. The van der Waals surface area contributed by atoms with E-state index in [1.165, 1.54) is 0 Å².